The lowest BCUT2D eigenvalue weighted by molar-refractivity contribution is -0.116. The zero-order chi connectivity index (χ0) is 17.2. The number of nitrogens with one attached hydrogen (secondary N) is 1. The van der Waals surface area contributed by atoms with Crippen LogP contribution in [-0.4, -0.2) is 22.1 Å². The zero-order valence-corrected chi connectivity index (χ0v) is 14.2. The maximum Gasteiger partial charge on any atom is 0.244 e. The van der Waals surface area contributed by atoms with Gasteiger partial charge in [-0.25, -0.2) is 4.98 Å². The fourth-order valence-corrected chi connectivity index (χ4v) is 3.35. The van der Waals surface area contributed by atoms with Crippen molar-refractivity contribution in [2.45, 2.75) is 32.4 Å². The van der Waals surface area contributed by atoms with Crippen LogP contribution in [0.3, 0.4) is 0 Å². The summed E-state index contributed by atoms with van der Waals surface area (Å²) in [6, 6.07) is 15.7. The largest absolute Gasteiger partial charge is 0.370 e. The molecule has 0 spiro atoms. The Bertz CT molecular complexity index is 910. The average Bonchev–Trinajstić information content (AvgIpc) is 3.23. The number of aryl methyl sites for hydroxylation is 1. The molecule has 1 atom stereocenters. The molecule has 1 unspecified atom stereocenters. The first-order chi connectivity index (χ1) is 12.2. The second-order valence-corrected chi connectivity index (χ2v) is 6.46. The number of aromatic nitrogens is 2. The van der Waals surface area contributed by atoms with Crippen LogP contribution in [0.5, 0.6) is 0 Å². The van der Waals surface area contributed by atoms with Crippen molar-refractivity contribution in [1.29, 1.82) is 0 Å². The van der Waals surface area contributed by atoms with Crippen LogP contribution in [0.4, 0.5) is 5.69 Å². The van der Waals surface area contributed by atoms with E-state index in [4.69, 9.17) is 9.72 Å². The number of carbonyl (C=O) groups excluding carboxylic acids is 1. The molecule has 1 amide bonds. The third kappa shape index (κ3) is 3.28. The van der Waals surface area contributed by atoms with E-state index < -0.39 is 0 Å². The van der Waals surface area contributed by atoms with Crippen molar-refractivity contribution in [3.05, 3.63) is 59.9 Å². The Balaban J connectivity index is 1.63. The third-order valence-electron chi connectivity index (χ3n) is 4.51. The summed E-state index contributed by atoms with van der Waals surface area (Å²) in [5, 5.41) is 2.98. The van der Waals surface area contributed by atoms with Crippen LogP contribution >= 0.6 is 0 Å². The summed E-state index contributed by atoms with van der Waals surface area (Å²) in [6.07, 6.45) is 1.95. The average molecular weight is 335 g/mol. The van der Waals surface area contributed by atoms with Crippen LogP contribution in [0, 0.1) is 6.92 Å². The van der Waals surface area contributed by atoms with Gasteiger partial charge in [-0.15, -0.1) is 0 Å². The van der Waals surface area contributed by atoms with Crippen molar-refractivity contribution in [3.63, 3.8) is 0 Å². The molecule has 0 saturated carbocycles. The van der Waals surface area contributed by atoms with Gasteiger partial charge in [0.1, 0.15) is 18.5 Å². The van der Waals surface area contributed by atoms with Gasteiger partial charge in [-0.3, -0.25) is 4.79 Å². The molecule has 2 aromatic carbocycles. The Hall–Kier alpha value is -2.66. The number of imidazole rings is 1. The van der Waals surface area contributed by atoms with E-state index in [1.807, 2.05) is 60.0 Å². The van der Waals surface area contributed by atoms with Crippen molar-refractivity contribution < 1.29 is 9.53 Å². The first kappa shape index (κ1) is 15.8. The molecule has 1 N–H and O–H groups in total. The number of hydrogen-bond acceptors (Lipinski definition) is 3. The highest BCUT2D eigenvalue weighted by atomic mass is 16.5. The van der Waals surface area contributed by atoms with Crippen molar-refractivity contribution in [2.24, 2.45) is 0 Å². The Morgan fingerprint density at radius 3 is 2.96 bits per heavy atom. The molecule has 1 aliphatic heterocycles. The number of amides is 1. The second kappa shape index (κ2) is 6.69. The lowest BCUT2D eigenvalue weighted by Gasteiger charge is -2.14. The normalized spacial score (nSPS) is 17.1. The van der Waals surface area contributed by atoms with Crippen LogP contribution in [-0.2, 0) is 16.1 Å². The van der Waals surface area contributed by atoms with E-state index in [-0.39, 0.29) is 18.6 Å². The summed E-state index contributed by atoms with van der Waals surface area (Å²) in [7, 11) is 0. The number of rotatable bonds is 4. The molecule has 1 aromatic heterocycles. The Labute approximate surface area is 146 Å². The van der Waals surface area contributed by atoms with E-state index in [2.05, 4.69) is 5.32 Å². The molecule has 5 heteroatoms. The molecule has 4 rings (SSSR count). The molecule has 0 radical (unpaired) electrons. The van der Waals surface area contributed by atoms with E-state index in [1.54, 1.807) is 0 Å². The van der Waals surface area contributed by atoms with Gasteiger partial charge < -0.3 is 14.6 Å². The minimum atomic E-state index is -0.0620. The highest BCUT2D eigenvalue weighted by Crippen LogP contribution is 2.30. The van der Waals surface area contributed by atoms with Crippen molar-refractivity contribution in [2.75, 3.05) is 11.9 Å². The highest BCUT2D eigenvalue weighted by molar-refractivity contribution is 5.91. The summed E-state index contributed by atoms with van der Waals surface area (Å²) >= 11 is 0. The summed E-state index contributed by atoms with van der Waals surface area (Å²) in [4.78, 5) is 17.3. The van der Waals surface area contributed by atoms with Crippen LogP contribution in [0.25, 0.3) is 11.0 Å². The number of para-hydroxylation sites is 2. The van der Waals surface area contributed by atoms with Gasteiger partial charge in [0, 0.05) is 12.3 Å². The summed E-state index contributed by atoms with van der Waals surface area (Å²) in [5.74, 6) is 0.783. The van der Waals surface area contributed by atoms with Gasteiger partial charge in [0.25, 0.3) is 0 Å². The standard InChI is InChI=1S/C20H21N3O2/c1-14-6-4-7-15(12-14)21-19(24)13-23-17-9-3-2-8-16(17)22-20(23)18-10-5-11-25-18/h2-4,6-9,12,18H,5,10-11,13H2,1H3,(H,21,24). The summed E-state index contributed by atoms with van der Waals surface area (Å²) in [5.41, 5.74) is 3.79. The SMILES string of the molecule is Cc1cccc(NC(=O)Cn2c(C3CCCO3)nc3ccccc32)c1. The highest BCUT2D eigenvalue weighted by Gasteiger charge is 2.25. The predicted octanol–water partition coefficient (Wildman–Crippen LogP) is 3.83. The van der Waals surface area contributed by atoms with E-state index in [0.29, 0.717) is 0 Å². The summed E-state index contributed by atoms with van der Waals surface area (Å²) < 4.78 is 7.79. The Kier molecular flexibility index (Phi) is 4.24. The molecule has 1 fully saturated rings. The van der Waals surface area contributed by atoms with Crippen LogP contribution in [0.1, 0.15) is 30.3 Å². The van der Waals surface area contributed by atoms with Crippen LogP contribution < -0.4 is 5.32 Å². The molecule has 0 aliphatic carbocycles. The summed E-state index contributed by atoms with van der Waals surface area (Å²) in [6.45, 7) is 2.99. The van der Waals surface area contributed by atoms with Gasteiger partial charge in [0.2, 0.25) is 5.91 Å². The van der Waals surface area contributed by atoms with Crippen LogP contribution in [0.2, 0.25) is 0 Å². The van der Waals surface area contributed by atoms with E-state index >= 15 is 0 Å². The molecule has 1 aliphatic rings. The van der Waals surface area contributed by atoms with Gasteiger partial charge in [0.15, 0.2) is 0 Å². The molecular weight excluding hydrogens is 314 g/mol. The number of carbonyl (C=O) groups is 1. The van der Waals surface area contributed by atoms with Gasteiger partial charge in [0.05, 0.1) is 11.0 Å². The number of benzene rings is 2. The first-order valence-corrected chi connectivity index (χ1v) is 8.64. The number of ether oxygens (including phenoxy) is 1. The topological polar surface area (TPSA) is 56.2 Å². The lowest BCUT2D eigenvalue weighted by atomic mass is 10.2. The Morgan fingerprint density at radius 1 is 1.28 bits per heavy atom. The van der Waals surface area contributed by atoms with Gasteiger partial charge in [-0.05, 0) is 49.6 Å². The number of hydrogen-bond donors (Lipinski definition) is 1. The smallest absolute Gasteiger partial charge is 0.244 e. The molecule has 5 nitrogen and oxygen atoms in total. The number of anilines is 1. The molecule has 25 heavy (non-hydrogen) atoms. The van der Waals surface area contributed by atoms with Crippen LogP contribution in [0.15, 0.2) is 48.5 Å². The third-order valence-corrected chi connectivity index (χ3v) is 4.51. The first-order valence-electron chi connectivity index (χ1n) is 8.64. The van der Waals surface area contributed by atoms with E-state index in [1.165, 1.54) is 0 Å². The fourth-order valence-electron chi connectivity index (χ4n) is 3.35. The lowest BCUT2D eigenvalue weighted by Crippen LogP contribution is -2.21. The second-order valence-electron chi connectivity index (χ2n) is 6.46. The van der Waals surface area contributed by atoms with Gasteiger partial charge >= 0.3 is 0 Å². The fraction of sp³-hybridized carbons (Fsp3) is 0.300. The number of fused-ring (bicyclic) bond motifs is 1. The molecular formula is C20H21N3O2. The minimum absolute atomic E-state index is 0.0285. The maximum atomic E-state index is 12.6. The number of nitrogens with zero attached hydrogens (tertiary/aromatic N) is 2. The predicted molar refractivity (Wildman–Crippen MR) is 97.5 cm³/mol. The van der Waals surface area contributed by atoms with Crippen molar-refractivity contribution >= 4 is 22.6 Å². The minimum Gasteiger partial charge on any atom is -0.370 e. The monoisotopic (exact) mass is 335 g/mol. The van der Waals surface area contributed by atoms with E-state index in [9.17, 15) is 4.79 Å². The van der Waals surface area contributed by atoms with E-state index in [0.717, 1.165) is 47.6 Å². The van der Waals surface area contributed by atoms with Gasteiger partial charge in [-0.2, -0.15) is 0 Å². The van der Waals surface area contributed by atoms with Crippen molar-refractivity contribution in [1.82, 2.24) is 9.55 Å². The Morgan fingerprint density at radius 2 is 2.16 bits per heavy atom. The maximum absolute atomic E-state index is 12.6. The molecule has 3 aromatic rings. The quantitative estimate of drug-likeness (QED) is 0.788. The zero-order valence-electron chi connectivity index (χ0n) is 14.2. The van der Waals surface area contributed by atoms with Crippen molar-refractivity contribution in [3.8, 4) is 0 Å². The van der Waals surface area contributed by atoms with Gasteiger partial charge in [-0.1, -0.05) is 24.3 Å². The molecule has 1 saturated heterocycles. The molecule has 0 bridgehead atoms. The molecule has 128 valence electrons. The molecule has 2 heterocycles.